The lowest BCUT2D eigenvalue weighted by Gasteiger charge is -2.12. The van der Waals surface area contributed by atoms with Crippen LogP contribution in [0.5, 0.6) is 0 Å². The van der Waals surface area contributed by atoms with Gasteiger partial charge in [0.25, 0.3) is 0 Å². The maximum atomic E-state index is 12.7. The van der Waals surface area contributed by atoms with Crippen LogP contribution in [-0.2, 0) is 12.7 Å². The van der Waals surface area contributed by atoms with Crippen LogP contribution in [0.3, 0.4) is 0 Å². The quantitative estimate of drug-likeness (QED) is 0.943. The second kappa shape index (κ2) is 5.25. The zero-order chi connectivity index (χ0) is 13.2. The molecule has 0 fully saturated rings. The van der Waals surface area contributed by atoms with Crippen molar-refractivity contribution in [1.29, 1.82) is 0 Å². The Morgan fingerprint density at radius 3 is 2.67 bits per heavy atom. The normalized spacial score (nSPS) is 11.8. The largest absolute Gasteiger partial charge is 0.416 e. The van der Waals surface area contributed by atoms with Gasteiger partial charge in [-0.2, -0.15) is 13.2 Å². The fraction of sp³-hybridized carbons (Fsp3) is 0.200. The highest BCUT2D eigenvalue weighted by Gasteiger charge is 2.32. The van der Waals surface area contributed by atoms with Gasteiger partial charge in [0.05, 0.1) is 5.56 Å². The third-order valence-corrected chi connectivity index (χ3v) is 3.91. The van der Waals surface area contributed by atoms with E-state index < -0.39 is 11.7 Å². The van der Waals surface area contributed by atoms with Crippen molar-refractivity contribution in [1.82, 2.24) is 10.2 Å². The van der Waals surface area contributed by atoms with Crippen LogP contribution in [0.4, 0.5) is 13.2 Å². The van der Waals surface area contributed by atoms with Crippen molar-refractivity contribution in [3.05, 3.63) is 34.8 Å². The molecular formula is C10H8F3N3S2. The summed E-state index contributed by atoms with van der Waals surface area (Å²) < 4.78 is 38.7. The molecule has 0 atom stereocenters. The molecule has 18 heavy (non-hydrogen) atoms. The molecule has 1 heterocycles. The number of benzene rings is 1. The van der Waals surface area contributed by atoms with Crippen LogP contribution in [0.25, 0.3) is 0 Å². The van der Waals surface area contributed by atoms with Gasteiger partial charge >= 0.3 is 6.18 Å². The highest BCUT2D eigenvalue weighted by atomic mass is 32.2. The van der Waals surface area contributed by atoms with Gasteiger partial charge in [-0.05, 0) is 23.8 Å². The van der Waals surface area contributed by atoms with Gasteiger partial charge in [-0.1, -0.05) is 23.1 Å². The SMILES string of the molecule is NCc1cc(Sc2nncs2)ccc1C(F)(F)F. The van der Waals surface area contributed by atoms with E-state index in [1.807, 2.05) is 0 Å². The summed E-state index contributed by atoms with van der Waals surface area (Å²) in [4.78, 5) is 0.667. The molecule has 0 radical (unpaired) electrons. The van der Waals surface area contributed by atoms with Gasteiger partial charge in [-0.3, -0.25) is 0 Å². The number of halogens is 3. The van der Waals surface area contributed by atoms with E-state index in [-0.39, 0.29) is 12.1 Å². The summed E-state index contributed by atoms with van der Waals surface area (Å²) in [6, 6.07) is 3.90. The summed E-state index contributed by atoms with van der Waals surface area (Å²) in [6.45, 7) is -0.153. The Hall–Kier alpha value is -1.12. The molecule has 2 rings (SSSR count). The molecule has 2 N–H and O–H groups in total. The molecule has 8 heteroatoms. The summed E-state index contributed by atoms with van der Waals surface area (Å²) in [6.07, 6.45) is -4.37. The van der Waals surface area contributed by atoms with Gasteiger partial charge in [0.15, 0.2) is 4.34 Å². The first kappa shape index (κ1) is 13.3. The summed E-state index contributed by atoms with van der Waals surface area (Å²) in [5, 5.41) is 7.48. The van der Waals surface area contributed by atoms with E-state index in [1.165, 1.54) is 35.2 Å². The van der Waals surface area contributed by atoms with Crippen molar-refractivity contribution in [3.63, 3.8) is 0 Å². The Morgan fingerprint density at radius 2 is 2.11 bits per heavy atom. The molecule has 0 unspecified atom stereocenters. The molecule has 3 nitrogen and oxygen atoms in total. The molecule has 0 saturated heterocycles. The molecule has 0 aliphatic carbocycles. The van der Waals surface area contributed by atoms with Gasteiger partial charge in [0.2, 0.25) is 0 Å². The first-order valence-electron chi connectivity index (χ1n) is 4.85. The molecule has 0 aliphatic rings. The van der Waals surface area contributed by atoms with E-state index >= 15 is 0 Å². The number of rotatable bonds is 3. The number of nitrogens with zero attached hydrogens (tertiary/aromatic N) is 2. The van der Waals surface area contributed by atoms with Crippen LogP contribution >= 0.6 is 23.1 Å². The summed E-state index contributed by atoms with van der Waals surface area (Å²) >= 11 is 2.59. The molecule has 96 valence electrons. The maximum absolute atomic E-state index is 12.7. The van der Waals surface area contributed by atoms with Crippen LogP contribution in [0.15, 0.2) is 32.9 Å². The van der Waals surface area contributed by atoms with Crippen LogP contribution < -0.4 is 5.73 Å². The van der Waals surface area contributed by atoms with Crippen molar-refractivity contribution >= 4 is 23.1 Å². The highest BCUT2D eigenvalue weighted by Crippen LogP contribution is 2.35. The summed E-state index contributed by atoms with van der Waals surface area (Å²) in [5.41, 5.74) is 6.31. The monoisotopic (exact) mass is 291 g/mol. The highest BCUT2D eigenvalue weighted by molar-refractivity contribution is 8.01. The minimum Gasteiger partial charge on any atom is -0.326 e. The van der Waals surface area contributed by atoms with Crippen LogP contribution in [-0.4, -0.2) is 10.2 Å². The zero-order valence-corrected chi connectivity index (χ0v) is 10.6. The average molecular weight is 291 g/mol. The van der Waals surface area contributed by atoms with Crippen LogP contribution in [0.1, 0.15) is 11.1 Å². The molecule has 0 saturated carbocycles. The minimum atomic E-state index is -4.37. The van der Waals surface area contributed by atoms with Gasteiger partial charge < -0.3 is 5.73 Å². The smallest absolute Gasteiger partial charge is 0.326 e. The number of nitrogens with two attached hydrogens (primary N) is 1. The summed E-state index contributed by atoms with van der Waals surface area (Å²) in [5.74, 6) is 0. The van der Waals surface area contributed by atoms with E-state index in [0.717, 1.165) is 6.07 Å². The number of alkyl halides is 3. The van der Waals surface area contributed by atoms with Crippen molar-refractivity contribution in [2.75, 3.05) is 0 Å². The molecule has 0 amide bonds. The number of hydrogen-bond acceptors (Lipinski definition) is 5. The van der Waals surface area contributed by atoms with Gasteiger partial charge in [0, 0.05) is 11.4 Å². The van der Waals surface area contributed by atoms with Gasteiger partial charge in [-0.25, -0.2) is 0 Å². The lowest BCUT2D eigenvalue weighted by molar-refractivity contribution is -0.138. The average Bonchev–Trinajstić information content (AvgIpc) is 2.80. The van der Waals surface area contributed by atoms with Crippen molar-refractivity contribution in [3.8, 4) is 0 Å². The third-order valence-electron chi connectivity index (χ3n) is 2.15. The first-order chi connectivity index (χ1) is 8.50. The van der Waals surface area contributed by atoms with Crippen molar-refractivity contribution in [2.24, 2.45) is 5.73 Å². The zero-order valence-electron chi connectivity index (χ0n) is 8.94. The third kappa shape index (κ3) is 3.01. The molecule has 0 spiro atoms. The standard InChI is InChI=1S/C10H8F3N3S2/c11-10(12,13)8-2-1-7(3-6(8)4-14)18-9-16-15-5-17-9/h1-3,5H,4,14H2. The van der Waals surface area contributed by atoms with Gasteiger partial charge in [0.1, 0.15) is 5.51 Å². The van der Waals surface area contributed by atoms with E-state index in [4.69, 9.17) is 5.73 Å². The topological polar surface area (TPSA) is 51.8 Å². The Balaban J connectivity index is 2.30. The first-order valence-corrected chi connectivity index (χ1v) is 6.54. The molecule has 2 aromatic rings. The Morgan fingerprint density at radius 1 is 1.33 bits per heavy atom. The Labute approximate surface area is 109 Å². The predicted molar refractivity (Wildman–Crippen MR) is 63.4 cm³/mol. The van der Waals surface area contributed by atoms with E-state index in [0.29, 0.717) is 9.24 Å². The number of aromatic nitrogens is 2. The van der Waals surface area contributed by atoms with Gasteiger partial charge in [-0.15, -0.1) is 10.2 Å². The Bertz CT molecular complexity index is 526. The Kier molecular flexibility index (Phi) is 3.88. The molecule has 1 aromatic heterocycles. The maximum Gasteiger partial charge on any atom is 0.416 e. The van der Waals surface area contributed by atoms with Crippen LogP contribution in [0, 0.1) is 0 Å². The predicted octanol–water partition coefficient (Wildman–Crippen LogP) is 3.17. The fourth-order valence-electron chi connectivity index (χ4n) is 1.39. The summed E-state index contributed by atoms with van der Waals surface area (Å²) in [7, 11) is 0. The van der Waals surface area contributed by atoms with Crippen molar-refractivity contribution < 1.29 is 13.2 Å². The second-order valence-corrected chi connectivity index (χ2v) is 5.48. The molecule has 0 bridgehead atoms. The van der Waals surface area contributed by atoms with Crippen LogP contribution in [0.2, 0.25) is 0 Å². The van der Waals surface area contributed by atoms with Crippen molar-refractivity contribution in [2.45, 2.75) is 22.0 Å². The van der Waals surface area contributed by atoms with E-state index in [1.54, 1.807) is 5.51 Å². The fourth-order valence-corrected chi connectivity index (χ4v) is 2.90. The minimum absolute atomic E-state index is 0.0806. The molecule has 0 aliphatic heterocycles. The molecule has 1 aromatic carbocycles. The number of hydrogen-bond donors (Lipinski definition) is 1. The lowest BCUT2D eigenvalue weighted by atomic mass is 10.1. The molecular weight excluding hydrogens is 283 g/mol. The van der Waals surface area contributed by atoms with E-state index in [9.17, 15) is 13.2 Å². The van der Waals surface area contributed by atoms with E-state index in [2.05, 4.69) is 10.2 Å². The lowest BCUT2D eigenvalue weighted by Crippen LogP contribution is -2.11. The second-order valence-electron chi connectivity index (χ2n) is 3.33.